The van der Waals surface area contributed by atoms with Crippen molar-refractivity contribution in [3.63, 3.8) is 0 Å². The van der Waals surface area contributed by atoms with E-state index in [2.05, 4.69) is 15.5 Å². The first kappa shape index (κ1) is 13.8. The second kappa shape index (κ2) is 5.17. The van der Waals surface area contributed by atoms with E-state index in [1.54, 1.807) is 13.8 Å². The van der Waals surface area contributed by atoms with Gasteiger partial charge in [-0.3, -0.25) is 0 Å². The van der Waals surface area contributed by atoms with Crippen molar-refractivity contribution >= 4 is 11.5 Å². The van der Waals surface area contributed by atoms with Gasteiger partial charge < -0.3 is 5.32 Å². The van der Waals surface area contributed by atoms with E-state index < -0.39 is 23.1 Å². The zero-order chi connectivity index (χ0) is 14.9. The van der Waals surface area contributed by atoms with Crippen LogP contribution in [0.1, 0.15) is 16.8 Å². The molecule has 2 aromatic rings. The third-order valence-corrected chi connectivity index (χ3v) is 2.81. The summed E-state index contributed by atoms with van der Waals surface area (Å²) in [6.07, 6.45) is 0. The molecule has 102 valence electrons. The van der Waals surface area contributed by atoms with Gasteiger partial charge in [0.2, 0.25) is 0 Å². The molecule has 0 amide bonds. The lowest BCUT2D eigenvalue weighted by Crippen LogP contribution is -2.05. The highest BCUT2D eigenvalue weighted by molar-refractivity contribution is 5.64. The Morgan fingerprint density at radius 1 is 1.15 bits per heavy atom. The molecule has 0 saturated carbocycles. The number of rotatable bonds is 2. The molecule has 0 atom stereocenters. The summed E-state index contributed by atoms with van der Waals surface area (Å²) in [4.78, 5) is 0. The largest absolute Gasteiger partial charge is 0.335 e. The third-order valence-electron chi connectivity index (χ3n) is 2.81. The number of halogens is 3. The van der Waals surface area contributed by atoms with Gasteiger partial charge in [-0.15, -0.1) is 5.10 Å². The molecule has 0 aliphatic heterocycles. The number of anilines is 2. The molecular formula is C13H9F3N4. The Labute approximate surface area is 112 Å². The highest BCUT2D eigenvalue weighted by Gasteiger charge is 2.15. The molecule has 0 spiro atoms. The monoisotopic (exact) mass is 278 g/mol. The van der Waals surface area contributed by atoms with Gasteiger partial charge in [-0.25, -0.2) is 13.2 Å². The number of nitriles is 1. The van der Waals surface area contributed by atoms with E-state index in [0.29, 0.717) is 17.3 Å². The van der Waals surface area contributed by atoms with Gasteiger partial charge in [0, 0.05) is 12.1 Å². The molecule has 0 bridgehead atoms. The van der Waals surface area contributed by atoms with Crippen molar-refractivity contribution in [1.82, 2.24) is 10.2 Å². The van der Waals surface area contributed by atoms with Crippen LogP contribution in [0.2, 0.25) is 0 Å². The average Bonchev–Trinajstić information content (AvgIpc) is 2.40. The highest BCUT2D eigenvalue weighted by atomic mass is 19.2. The molecule has 1 aromatic carbocycles. The summed E-state index contributed by atoms with van der Waals surface area (Å²) in [6.45, 7) is 3.31. The Hall–Kier alpha value is -2.62. The van der Waals surface area contributed by atoms with Crippen LogP contribution in [0, 0.1) is 42.6 Å². The van der Waals surface area contributed by atoms with Crippen LogP contribution in [-0.4, -0.2) is 10.2 Å². The molecule has 20 heavy (non-hydrogen) atoms. The van der Waals surface area contributed by atoms with Crippen LogP contribution < -0.4 is 5.32 Å². The summed E-state index contributed by atoms with van der Waals surface area (Å²) in [5.74, 6) is -3.58. The average molecular weight is 278 g/mol. The first-order chi connectivity index (χ1) is 9.43. The van der Waals surface area contributed by atoms with Gasteiger partial charge in [0.25, 0.3) is 0 Å². The zero-order valence-electron chi connectivity index (χ0n) is 10.6. The van der Waals surface area contributed by atoms with Gasteiger partial charge in [0.05, 0.1) is 11.4 Å². The van der Waals surface area contributed by atoms with Crippen LogP contribution in [-0.2, 0) is 0 Å². The number of benzene rings is 1. The van der Waals surface area contributed by atoms with Crippen molar-refractivity contribution in [2.75, 3.05) is 5.32 Å². The first-order valence-electron chi connectivity index (χ1n) is 5.59. The van der Waals surface area contributed by atoms with E-state index in [0.717, 1.165) is 6.07 Å². The van der Waals surface area contributed by atoms with Gasteiger partial charge in [-0.2, -0.15) is 10.4 Å². The molecule has 7 heteroatoms. The molecule has 0 radical (unpaired) electrons. The Kier molecular flexibility index (Phi) is 3.57. The van der Waals surface area contributed by atoms with Crippen LogP contribution in [0.4, 0.5) is 24.7 Å². The number of hydrogen-bond donors (Lipinski definition) is 1. The fourth-order valence-corrected chi connectivity index (χ4v) is 1.61. The molecule has 4 nitrogen and oxygen atoms in total. The summed E-state index contributed by atoms with van der Waals surface area (Å²) in [6, 6.07) is 3.10. The van der Waals surface area contributed by atoms with Crippen LogP contribution >= 0.6 is 0 Å². The SMILES string of the molecule is Cc1nnc(Nc2cc(F)cc(F)c2F)c(C#N)c1C. The fraction of sp³-hybridized carbons (Fsp3) is 0.154. The maximum Gasteiger partial charge on any atom is 0.182 e. The van der Waals surface area contributed by atoms with Crippen LogP contribution in [0.15, 0.2) is 12.1 Å². The van der Waals surface area contributed by atoms with E-state index in [4.69, 9.17) is 5.26 Å². The van der Waals surface area contributed by atoms with E-state index in [-0.39, 0.29) is 11.4 Å². The van der Waals surface area contributed by atoms with E-state index >= 15 is 0 Å². The second-order valence-electron chi connectivity index (χ2n) is 4.12. The lowest BCUT2D eigenvalue weighted by molar-refractivity contribution is 0.498. The summed E-state index contributed by atoms with van der Waals surface area (Å²) in [5.41, 5.74) is 0.790. The molecular weight excluding hydrogens is 269 g/mol. The summed E-state index contributed by atoms with van der Waals surface area (Å²) >= 11 is 0. The Balaban J connectivity index is 2.51. The molecule has 0 saturated heterocycles. The Bertz CT molecular complexity index is 723. The van der Waals surface area contributed by atoms with Crippen molar-refractivity contribution in [2.45, 2.75) is 13.8 Å². The maximum atomic E-state index is 13.5. The molecule has 2 rings (SSSR count). The van der Waals surface area contributed by atoms with Gasteiger partial charge in [0.1, 0.15) is 17.4 Å². The molecule has 1 heterocycles. The van der Waals surface area contributed by atoms with Crippen molar-refractivity contribution in [2.24, 2.45) is 0 Å². The summed E-state index contributed by atoms with van der Waals surface area (Å²) in [7, 11) is 0. The fourth-order valence-electron chi connectivity index (χ4n) is 1.61. The minimum atomic E-state index is -1.33. The second-order valence-corrected chi connectivity index (χ2v) is 4.12. The Morgan fingerprint density at radius 3 is 2.50 bits per heavy atom. The minimum Gasteiger partial charge on any atom is -0.335 e. The normalized spacial score (nSPS) is 10.2. The predicted octanol–water partition coefficient (Wildman–Crippen LogP) is 3.13. The lowest BCUT2D eigenvalue weighted by atomic mass is 10.1. The van der Waals surface area contributed by atoms with Gasteiger partial charge in [0.15, 0.2) is 17.5 Å². The summed E-state index contributed by atoms with van der Waals surface area (Å²) < 4.78 is 39.7. The van der Waals surface area contributed by atoms with E-state index in [1.165, 1.54) is 0 Å². The number of aromatic nitrogens is 2. The minimum absolute atomic E-state index is 0.0560. The topological polar surface area (TPSA) is 61.6 Å². The number of nitrogens with zero attached hydrogens (tertiary/aromatic N) is 3. The third kappa shape index (κ3) is 2.40. The molecule has 0 unspecified atom stereocenters. The van der Waals surface area contributed by atoms with Crippen molar-refractivity contribution in [3.05, 3.63) is 46.4 Å². The quantitative estimate of drug-likeness (QED) is 0.857. The molecule has 1 aromatic heterocycles. The standard InChI is InChI=1S/C13H9F3N4/c1-6-7(2)19-20-13(9(6)5-17)18-11-4-8(14)3-10(15)12(11)16/h3-4H,1-2H3,(H,18,20). The zero-order valence-corrected chi connectivity index (χ0v) is 10.6. The van der Waals surface area contributed by atoms with E-state index in [9.17, 15) is 13.2 Å². The molecule has 0 fully saturated rings. The van der Waals surface area contributed by atoms with Gasteiger partial charge in [-0.1, -0.05) is 0 Å². The lowest BCUT2D eigenvalue weighted by Gasteiger charge is -2.10. The molecule has 1 N–H and O–H groups in total. The van der Waals surface area contributed by atoms with Crippen molar-refractivity contribution in [3.8, 4) is 6.07 Å². The van der Waals surface area contributed by atoms with Gasteiger partial charge >= 0.3 is 0 Å². The molecule has 0 aliphatic carbocycles. The highest BCUT2D eigenvalue weighted by Crippen LogP contribution is 2.25. The smallest absolute Gasteiger partial charge is 0.182 e. The molecule has 0 aliphatic rings. The number of hydrogen-bond acceptors (Lipinski definition) is 4. The van der Waals surface area contributed by atoms with E-state index in [1.807, 2.05) is 6.07 Å². The van der Waals surface area contributed by atoms with Crippen molar-refractivity contribution in [1.29, 1.82) is 5.26 Å². The maximum absolute atomic E-state index is 13.5. The van der Waals surface area contributed by atoms with Crippen LogP contribution in [0.3, 0.4) is 0 Å². The summed E-state index contributed by atoms with van der Waals surface area (Å²) in [5, 5.41) is 19.0. The first-order valence-corrected chi connectivity index (χ1v) is 5.59. The number of aryl methyl sites for hydroxylation is 1. The Morgan fingerprint density at radius 2 is 1.85 bits per heavy atom. The van der Waals surface area contributed by atoms with Gasteiger partial charge in [-0.05, 0) is 19.4 Å². The predicted molar refractivity (Wildman–Crippen MR) is 65.8 cm³/mol. The number of nitrogens with one attached hydrogen (secondary N) is 1. The van der Waals surface area contributed by atoms with Crippen LogP contribution in [0.25, 0.3) is 0 Å². The van der Waals surface area contributed by atoms with Crippen LogP contribution in [0.5, 0.6) is 0 Å². The van der Waals surface area contributed by atoms with Crippen molar-refractivity contribution < 1.29 is 13.2 Å².